The first-order valence-corrected chi connectivity index (χ1v) is 5.66. The van der Waals surface area contributed by atoms with E-state index in [1.54, 1.807) is 11.8 Å². The molecule has 0 aliphatic heterocycles. The van der Waals surface area contributed by atoms with Gasteiger partial charge < -0.3 is 15.5 Å². The second-order valence-corrected chi connectivity index (χ2v) is 5.03. The van der Waals surface area contributed by atoms with Gasteiger partial charge >= 0.3 is 0 Å². The maximum Gasteiger partial charge on any atom is 0.171 e. The van der Waals surface area contributed by atoms with Gasteiger partial charge in [-0.3, -0.25) is 0 Å². The van der Waals surface area contributed by atoms with Crippen LogP contribution >= 0.6 is 11.8 Å². The van der Waals surface area contributed by atoms with Gasteiger partial charge in [0.25, 0.3) is 0 Å². The Morgan fingerprint density at radius 1 is 1.38 bits per heavy atom. The highest BCUT2D eigenvalue weighted by atomic mass is 32.2. The lowest BCUT2D eigenvalue weighted by atomic mass is 10.2. The molecule has 0 amide bonds. The molecule has 0 aromatic carbocycles. The lowest BCUT2D eigenvalue weighted by Gasteiger charge is -2.24. The quantitative estimate of drug-likeness (QED) is 0.564. The molecule has 0 rings (SSSR count). The molecule has 0 spiro atoms. The Kier molecular flexibility index (Phi) is 5.96. The van der Waals surface area contributed by atoms with E-state index in [0.29, 0.717) is 6.04 Å². The zero-order valence-corrected chi connectivity index (χ0v) is 9.69. The van der Waals surface area contributed by atoms with Gasteiger partial charge in [0.2, 0.25) is 0 Å². The van der Waals surface area contributed by atoms with Crippen molar-refractivity contribution in [3.05, 3.63) is 0 Å². The minimum Gasteiger partial charge on any atom is -0.365 e. The summed E-state index contributed by atoms with van der Waals surface area (Å²) in [6.45, 7) is 5.36. The van der Waals surface area contributed by atoms with Gasteiger partial charge in [-0.05, 0) is 40.0 Å². The molecular weight excluding hydrogens is 186 g/mol. The van der Waals surface area contributed by atoms with Crippen LogP contribution in [0.3, 0.4) is 0 Å². The smallest absolute Gasteiger partial charge is 0.171 e. The lowest BCUT2D eigenvalue weighted by molar-refractivity contribution is -0.140. The molecule has 1 unspecified atom stereocenters. The van der Waals surface area contributed by atoms with Crippen LogP contribution in [-0.2, 0) is 0 Å². The molecule has 0 fully saturated rings. The highest BCUT2D eigenvalue weighted by Crippen LogP contribution is 2.21. The highest BCUT2D eigenvalue weighted by molar-refractivity contribution is 7.99. The van der Waals surface area contributed by atoms with Crippen LogP contribution in [0, 0.1) is 0 Å². The Bertz CT molecular complexity index is 136. The molecule has 0 aliphatic carbocycles. The minimum atomic E-state index is -1.56. The summed E-state index contributed by atoms with van der Waals surface area (Å²) in [5.41, 5.74) is 0. The van der Waals surface area contributed by atoms with Gasteiger partial charge in [0.1, 0.15) is 0 Å². The van der Waals surface area contributed by atoms with Crippen LogP contribution in [0.25, 0.3) is 0 Å². The van der Waals surface area contributed by atoms with Crippen molar-refractivity contribution in [2.24, 2.45) is 0 Å². The predicted octanol–water partition coefficient (Wildman–Crippen LogP) is 0.807. The monoisotopic (exact) mass is 207 g/mol. The molecular formula is C9H21NO2S. The first-order chi connectivity index (χ1) is 5.88. The summed E-state index contributed by atoms with van der Waals surface area (Å²) in [5.74, 6) is -0.618. The van der Waals surface area contributed by atoms with Gasteiger partial charge in [0, 0.05) is 6.04 Å². The summed E-state index contributed by atoms with van der Waals surface area (Å²) in [5, 5.41) is 21.5. The van der Waals surface area contributed by atoms with Crippen molar-refractivity contribution in [1.29, 1.82) is 0 Å². The third-order valence-corrected chi connectivity index (χ3v) is 3.60. The maximum atomic E-state index is 9.23. The second-order valence-electron chi connectivity index (χ2n) is 3.59. The number of rotatable bonds is 6. The molecule has 80 valence electrons. The molecule has 0 bridgehead atoms. The van der Waals surface area contributed by atoms with Gasteiger partial charge in [-0.2, -0.15) is 11.8 Å². The van der Waals surface area contributed by atoms with Crippen molar-refractivity contribution in [2.75, 3.05) is 12.8 Å². The number of aliphatic hydroxyl groups is 2. The highest BCUT2D eigenvalue weighted by Gasteiger charge is 2.24. The fourth-order valence-corrected chi connectivity index (χ4v) is 1.88. The topological polar surface area (TPSA) is 52.5 Å². The summed E-state index contributed by atoms with van der Waals surface area (Å²) in [6.07, 6.45) is 1.04. The summed E-state index contributed by atoms with van der Waals surface area (Å²) in [6, 6.07) is 0.489. The van der Waals surface area contributed by atoms with Crippen molar-refractivity contribution in [3.8, 4) is 0 Å². The number of hydrogen-bond acceptors (Lipinski definition) is 4. The molecule has 0 saturated carbocycles. The summed E-state index contributed by atoms with van der Waals surface area (Å²) in [4.78, 5) is 0. The van der Waals surface area contributed by atoms with Gasteiger partial charge in [-0.15, -0.1) is 0 Å². The van der Waals surface area contributed by atoms with Gasteiger partial charge in [-0.25, -0.2) is 0 Å². The van der Waals surface area contributed by atoms with Gasteiger partial charge in [0.05, 0.1) is 5.25 Å². The molecule has 0 aromatic rings. The Balaban J connectivity index is 3.54. The van der Waals surface area contributed by atoms with Crippen LogP contribution < -0.4 is 5.32 Å². The lowest BCUT2D eigenvalue weighted by Crippen LogP contribution is -2.35. The molecule has 0 aliphatic rings. The average Bonchev–Trinajstić information content (AvgIpc) is 2.02. The van der Waals surface area contributed by atoms with Crippen molar-refractivity contribution in [3.63, 3.8) is 0 Å². The molecule has 13 heavy (non-hydrogen) atoms. The number of nitrogens with one attached hydrogen (secondary N) is 1. The molecule has 3 N–H and O–H groups in total. The third kappa shape index (κ3) is 6.32. The molecule has 0 radical (unpaired) electrons. The fourth-order valence-electron chi connectivity index (χ4n) is 0.724. The maximum absolute atomic E-state index is 9.23. The number of thioether (sulfide) groups is 1. The molecule has 2 atom stereocenters. The normalized spacial score (nSPS) is 17.1. The van der Waals surface area contributed by atoms with Gasteiger partial charge in [-0.1, -0.05) is 0 Å². The van der Waals surface area contributed by atoms with Gasteiger partial charge in [0.15, 0.2) is 5.79 Å². The van der Waals surface area contributed by atoms with Crippen LogP contribution in [0.5, 0.6) is 0 Å². The second kappa shape index (κ2) is 5.86. The SMILES string of the molecule is CNC(C)CCS[C@@H](C)C(C)(O)O. The zero-order chi connectivity index (χ0) is 10.5. The van der Waals surface area contributed by atoms with E-state index in [0.717, 1.165) is 12.2 Å². The van der Waals surface area contributed by atoms with Crippen molar-refractivity contribution in [2.45, 2.75) is 44.3 Å². The fraction of sp³-hybridized carbons (Fsp3) is 1.00. The van der Waals surface area contributed by atoms with E-state index in [4.69, 9.17) is 0 Å². The Labute approximate surface area is 84.9 Å². The van der Waals surface area contributed by atoms with Crippen LogP contribution in [0.2, 0.25) is 0 Å². The standard InChI is InChI=1S/C9H21NO2S/c1-7(10-4)5-6-13-8(2)9(3,11)12/h7-8,10-12H,5-6H2,1-4H3/t7?,8-/m0/s1. The molecule has 0 heterocycles. The zero-order valence-electron chi connectivity index (χ0n) is 8.87. The van der Waals surface area contributed by atoms with E-state index in [1.165, 1.54) is 6.92 Å². The van der Waals surface area contributed by atoms with Crippen molar-refractivity contribution in [1.82, 2.24) is 5.32 Å². The van der Waals surface area contributed by atoms with E-state index >= 15 is 0 Å². The Morgan fingerprint density at radius 2 is 1.92 bits per heavy atom. The first kappa shape index (κ1) is 13.2. The van der Waals surface area contributed by atoms with Crippen LogP contribution in [0.4, 0.5) is 0 Å². The molecule has 0 saturated heterocycles. The average molecular weight is 207 g/mol. The predicted molar refractivity (Wildman–Crippen MR) is 57.9 cm³/mol. The van der Waals surface area contributed by atoms with E-state index in [2.05, 4.69) is 12.2 Å². The van der Waals surface area contributed by atoms with Crippen LogP contribution in [0.15, 0.2) is 0 Å². The van der Waals surface area contributed by atoms with Crippen LogP contribution in [-0.4, -0.2) is 40.1 Å². The summed E-state index contributed by atoms with van der Waals surface area (Å²) in [7, 11) is 1.93. The first-order valence-electron chi connectivity index (χ1n) is 4.61. The number of hydrogen-bond donors (Lipinski definition) is 3. The van der Waals surface area contributed by atoms with E-state index in [1.807, 2.05) is 14.0 Å². The van der Waals surface area contributed by atoms with Crippen LogP contribution in [0.1, 0.15) is 27.2 Å². The largest absolute Gasteiger partial charge is 0.365 e. The van der Waals surface area contributed by atoms with E-state index < -0.39 is 5.79 Å². The van der Waals surface area contributed by atoms with Crippen molar-refractivity contribution < 1.29 is 10.2 Å². The molecule has 4 heteroatoms. The summed E-state index contributed by atoms with van der Waals surface area (Å²) < 4.78 is 0. The third-order valence-electron chi connectivity index (χ3n) is 2.18. The Morgan fingerprint density at radius 3 is 2.31 bits per heavy atom. The molecule has 3 nitrogen and oxygen atoms in total. The van der Waals surface area contributed by atoms with E-state index in [9.17, 15) is 10.2 Å². The minimum absolute atomic E-state index is 0.142. The summed E-state index contributed by atoms with van der Waals surface area (Å²) >= 11 is 1.59. The molecule has 0 aromatic heterocycles. The Hall–Kier alpha value is 0.230. The van der Waals surface area contributed by atoms with Crippen molar-refractivity contribution >= 4 is 11.8 Å². The van der Waals surface area contributed by atoms with E-state index in [-0.39, 0.29) is 5.25 Å².